The fourth-order valence-electron chi connectivity index (χ4n) is 3.47. The Morgan fingerprint density at radius 1 is 1.33 bits per heavy atom. The minimum Gasteiger partial charge on any atom is -0.456 e. The maximum absolute atomic E-state index is 13.1. The van der Waals surface area contributed by atoms with Crippen molar-refractivity contribution in [2.45, 2.75) is 69.5 Å². The number of carbonyl (C=O) groups excluding carboxylic acids is 1. The predicted molar refractivity (Wildman–Crippen MR) is 131 cm³/mol. The molecule has 8 nitrogen and oxygen atoms in total. The van der Waals surface area contributed by atoms with Gasteiger partial charge in [0.15, 0.2) is 0 Å². The third-order valence-electron chi connectivity index (χ3n) is 5.14. The number of rotatable bonds is 7. The highest BCUT2D eigenvalue weighted by Gasteiger charge is 2.39. The molecule has 0 amide bonds. The summed E-state index contributed by atoms with van der Waals surface area (Å²) in [6.45, 7) is 9.67. The molecule has 0 radical (unpaired) electrons. The van der Waals surface area contributed by atoms with E-state index in [1.807, 2.05) is 19.1 Å². The average Bonchev–Trinajstić information content (AvgIpc) is 3.16. The molecule has 1 aromatic heterocycles. The minimum atomic E-state index is -0.784. The van der Waals surface area contributed by atoms with Gasteiger partial charge in [-0.2, -0.15) is 0 Å². The Balaban J connectivity index is 1.77. The molecule has 2 N–H and O–H groups in total. The number of aliphatic hydroxyl groups excluding tert-OH is 1. The van der Waals surface area contributed by atoms with Crippen molar-refractivity contribution in [1.82, 2.24) is 9.55 Å². The molecule has 0 aliphatic carbocycles. The van der Waals surface area contributed by atoms with Gasteiger partial charge < -0.3 is 14.6 Å². The largest absolute Gasteiger partial charge is 0.456 e. The van der Waals surface area contributed by atoms with Crippen LogP contribution in [0, 0.1) is 6.92 Å². The van der Waals surface area contributed by atoms with Crippen LogP contribution in [-0.4, -0.2) is 44.2 Å². The molecule has 4 atom stereocenters. The van der Waals surface area contributed by atoms with Crippen molar-refractivity contribution < 1.29 is 19.4 Å². The normalized spacial score (nSPS) is 21.7. The quantitative estimate of drug-likeness (QED) is 0.444. The molecular formula is C23H30N2O6S2. The molecule has 2 aromatic rings. The summed E-state index contributed by atoms with van der Waals surface area (Å²) in [6.07, 6.45) is -0.712. The molecule has 2 heterocycles. The van der Waals surface area contributed by atoms with Gasteiger partial charge >= 0.3 is 11.7 Å². The zero-order valence-corrected chi connectivity index (χ0v) is 21.0. The molecule has 1 saturated heterocycles. The number of esters is 1. The fourth-order valence-corrected chi connectivity index (χ4v) is 5.82. The highest BCUT2D eigenvalue weighted by atomic mass is 33.1. The Kier molecular flexibility index (Phi) is 8.15. The van der Waals surface area contributed by atoms with Crippen LogP contribution in [0.25, 0.3) is 0 Å². The first kappa shape index (κ1) is 25.6. The van der Waals surface area contributed by atoms with Gasteiger partial charge in [0, 0.05) is 28.2 Å². The van der Waals surface area contributed by atoms with Crippen molar-refractivity contribution in [3.05, 3.63) is 68.0 Å². The van der Waals surface area contributed by atoms with Crippen molar-refractivity contribution in [1.29, 1.82) is 0 Å². The number of hydrogen-bond donors (Lipinski definition) is 2. The van der Waals surface area contributed by atoms with Crippen LogP contribution in [0.4, 0.5) is 0 Å². The maximum atomic E-state index is 13.1. The number of ether oxygens (including phenoxy) is 2. The second-order valence-electron chi connectivity index (χ2n) is 8.99. The molecule has 33 heavy (non-hydrogen) atoms. The lowest BCUT2D eigenvalue weighted by atomic mass is 10.0. The molecule has 0 saturated carbocycles. The number of aryl methyl sites for hydroxylation is 1. The molecule has 2 unspecified atom stereocenters. The van der Waals surface area contributed by atoms with Crippen molar-refractivity contribution in [3.8, 4) is 0 Å². The molecule has 3 rings (SSSR count). The lowest BCUT2D eigenvalue weighted by Crippen LogP contribution is -2.33. The third-order valence-corrected chi connectivity index (χ3v) is 8.93. The van der Waals surface area contributed by atoms with Crippen LogP contribution in [0.15, 0.2) is 40.1 Å². The van der Waals surface area contributed by atoms with Gasteiger partial charge in [-0.25, -0.2) is 9.59 Å². The lowest BCUT2D eigenvalue weighted by Gasteiger charge is -2.22. The number of nitrogens with zero attached hydrogens (tertiary/aromatic N) is 1. The third kappa shape index (κ3) is 6.32. The molecule has 0 spiro atoms. The standard InChI is InChI=1S/C23H30N2O6S2/c1-13-11-25(22(29)24-20(13)27)19-10-17(18(12-26)30-19)31-21(28)16-9-7-6-8-15(16)14(2)32-33-23(3,4)5/h6-9,11,14,17-19,26H,10,12H2,1-5H3,(H,24,27,29)/t14?,17?,18-,19-/m1/s1. The van der Waals surface area contributed by atoms with E-state index >= 15 is 0 Å². The van der Waals surface area contributed by atoms with Gasteiger partial charge in [-0.05, 0) is 25.5 Å². The van der Waals surface area contributed by atoms with Crippen LogP contribution >= 0.6 is 21.6 Å². The van der Waals surface area contributed by atoms with E-state index in [1.165, 1.54) is 10.8 Å². The molecule has 1 aromatic carbocycles. The Bertz CT molecular complexity index is 1110. The molecule has 1 aliphatic rings. The number of benzene rings is 1. The van der Waals surface area contributed by atoms with Crippen LogP contribution < -0.4 is 11.2 Å². The average molecular weight is 495 g/mol. The van der Waals surface area contributed by atoms with E-state index in [1.54, 1.807) is 40.6 Å². The first-order chi connectivity index (χ1) is 15.5. The topological polar surface area (TPSA) is 111 Å². The number of aliphatic hydroxyl groups is 1. The summed E-state index contributed by atoms with van der Waals surface area (Å²) in [5, 5.41) is 9.83. The van der Waals surface area contributed by atoms with Crippen LogP contribution in [0.5, 0.6) is 0 Å². The number of aromatic nitrogens is 2. The van der Waals surface area contributed by atoms with E-state index in [-0.39, 0.29) is 23.0 Å². The monoisotopic (exact) mass is 494 g/mol. The second-order valence-corrected chi connectivity index (χ2v) is 12.4. The summed E-state index contributed by atoms with van der Waals surface area (Å²) >= 11 is 0. The van der Waals surface area contributed by atoms with Crippen LogP contribution in [-0.2, 0) is 9.47 Å². The number of hydrogen-bond acceptors (Lipinski definition) is 8. The lowest BCUT2D eigenvalue weighted by molar-refractivity contribution is -0.0522. The Morgan fingerprint density at radius 2 is 2.03 bits per heavy atom. The van der Waals surface area contributed by atoms with Crippen molar-refractivity contribution >= 4 is 27.6 Å². The first-order valence-electron chi connectivity index (χ1n) is 10.7. The minimum absolute atomic E-state index is 0.0573. The molecule has 1 fully saturated rings. The van der Waals surface area contributed by atoms with E-state index in [9.17, 15) is 19.5 Å². The van der Waals surface area contributed by atoms with Gasteiger partial charge in [0.05, 0.1) is 12.2 Å². The summed E-state index contributed by atoms with van der Waals surface area (Å²) < 4.78 is 12.9. The van der Waals surface area contributed by atoms with Gasteiger partial charge in [-0.1, -0.05) is 60.6 Å². The zero-order chi connectivity index (χ0) is 24.3. The van der Waals surface area contributed by atoms with E-state index in [0.717, 1.165) is 5.56 Å². The van der Waals surface area contributed by atoms with Gasteiger partial charge in [-0.15, -0.1) is 0 Å². The SMILES string of the molecule is Cc1cn([C@H]2CC(OC(=O)c3ccccc3C(C)SSC(C)(C)C)[C@@H](CO)O2)c(=O)[nH]c1=O. The molecule has 1 aliphatic heterocycles. The van der Waals surface area contributed by atoms with Crippen LogP contribution in [0.2, 0.25) is 0 Å². The van der Waals surface area contributed by atoms with Crippen LogP contribution in [0.3, 0.4) is 0 Å². The molecule has 180 valence electrons. The van der Waals surface area contributed by atoms with Gasteiger partial charge in [0.2, 0.25) is 0 Å². The summed E-state index contributed by atoms with van der Waals surface area (Å²) in [7, 11) is 3.44. The van der Waals surface area contributed by atoms with Crippen molar-refractivity contribution in [2.24, 2.45) is 0 Å². The number of nitrogens with one attached hydrogen (secondary N) is 1. The van der Waals surface area contributed by atoms with E-state index < -0.39 is 35.7 Å². The Morgan fingerprint density at radius 3 is 2.70 bits per heavy atom. The van der Waals surface area contributed by atoms with Crippen molar-refractivity contribution in [3.63, 3.8) is 0 Å². The smallest absolute Gasteiger partial charge is 0.338 e. The summed E-state index contributed by atoms with van der Waals surface area (Å²) in [6, 6.07) is 7.32. The maximum Gasteiger partial charge on any atom is 0.338 e. The van der Waals surface area contributed by atoms with Crippen LogP contribution in [0.1, 0.15) is 67.1 Å². The Hall–Kier alpha value is -2.01. The van der Waals surface area contributed by atoms with Crippen molar-refractivity contribution in [2.75, 3.05) is 6.61 Å². The number of carbonyl (C=O) groups is 1. The highest BCUT2D eigenvalue weighted by Crippen LogP contribution is 2.45. The van der Waals surface area contributed by atoms with E-state index in [4.69, 9.17) is 9.47 Å². The number of aromatic amines is 1. The second kappa shape index (κ2) is 10.5. The first-order valence-corrected chi connectivity index (χ1v) is 12.9. The predicted octanol–water partition coefficient (Wildman–Crippen LogP) is 3.59. The molecule has 10 heteroatoms. The molecular weight excluding hydrogens is 464 g/mol. The Labute approximate surface area is 200 Å². The molecule has 0 bridgehead atoms. The fraction of sp³-hybridized carbons (Fsp3) is 0.522. The highest BCUT2D eigenvalue weighted by molar-refractivity contribution is 8.77. The summed E-state index contributed by atoms with van der Waals surface area (Å²) in [5.41, 5.74) is 0.598. The van der Waals surface area contributed by atoms with Gasteiger partial charge in [0.1, 0.15) is 18.4 Å². The van der Waals surface area contributed by atoms with E-state index in [2.05, 4.69) is 25.8 Å². The van der Waals surface area contributed by atoms with E-state index in [0.29, 0.717) is 11.1 Å². The number of H-pyrrole nitrogens is 1. The zero-order valence-electron chi connectivity index (χ0n) is 19.4. The summed E-state index contributed by atoms with van der Waals surface area (Å²) in [4.78, 5) is 39.2. The summed E-state index contributed by atoms with van der Waals surface area (Å²) in [5.74, 6) is -0.503. The van der Waals surface area contributed by atoms with Gasteiger partial charge in [0.25, 0.3) is 5.56 Å². The van der Waals surface area contributed by atoms with Gasteiger partial charge in [-0.3, -0.25) is 14.3 Å².